The van der Waals surface area contributed by atoms with Crippen molar-refractivity contribution in [3.63, 3.8) is 0 Å². The number of benzene rings is 1. The lowest BCUT2D eigenvalue weighted by atomic mass is 10.0. The highest BCUT2D eigenvalue weighted by Crippen LogP contribution is 2.21. The molecule has 1 amide bonds. The highest BCUT2D eigenvalue weighted by molar-refractivity contribution is 5.79. The molecule has 0 aromatic heterocycles. The number of amides is 1. The van der Waals surface area contributed by atoms with E-state index in [0.717, 1.165) is 25.0 Å². The molecule has 0 saturated carbocycles. The first-order valence-corrected chi connectivity index (χ1v) is 7.37. The fraction of sp³-hybridized carbons (Fsp3) is 0.412. The molecule has 0 saturated heterocycles. The second-order valence-electron chi connectivity index (χ2n) is 5.00. The van der Waals surface area contributed by atoms with Crippen LogP contribution in [0.2, 0.25) is 0 Å². The Balaban J connectivity index is 1.93. The van der Waals surface area contributed by atoms with E-state index in [-0.39, 0.29) is 12.5 Å². The third-order valence-electron chi connectivity index (χ3n) is 3.58. The summed E-state index contributed by atoms with van der Waals surface area (Å²) in [5.41, 5.74) is 1.70. The van der Waals surface area contributed by atoms with Crippen molar-refractivity contribution in [2.24, 2.45) is 0 Å². The quantitative estimate of drug-likeness (QED) is 0.834. The van der Waals surface area contributed by atoms with Gasteiger partial charge in [0.25, 0.3) is 5.91 Å². The third kappa shape index (κ3) is 4.09. The molecule has 0 atom stereocenters. The molecule has 4 nitrogen and oxygen atoms in total. The number of hydrogen-bond acceptors (Lipinski definition) is 3. The highest BCUT2D eigenvalue weighted by atomic mass is 16.5. The largest absolute Gasteiger partial charge is 0.484 e. The van der Waals surface area contributed by atoms with E-state index in [2.05, 4.69) is 12.1 Å². The van der Waals surface area contributed by atoms with Crippen LogP contribution in [-0.2, 0) is 4.79 Å². The molecule has 4 heteroatoms. The normalized spacial score (nSPS) is 14.0. The molecule has 110 valence electrons. The van der Waals surface area contributed by atoms with Crippen LogP contribution in [-0.4, -0.2) is 24.0 Å². The van der Waals surface area contributed by atoms with Crippen LogP contribution >= 0.6 is 0 Å². The lowest BCUT2D eigenvalue weighted by Gasteiger charge is -2.26. The van der Waals surface area contributed by atoms with E-state index in [9.17, 15) is 4.79 Å². The summed E-state index contributed by atoms with van der Waals surface area (Å²) in [5.74, 6) is 0.589. The SMILES string of the molecule is CCN(C(=O)COc1ccc(C#N)cc1)C1=CCCCC1. The summed E-state index contributed by atoms with van der Waals surface area (Å²) < 4.78 is 5.51. The van der Waals surface area contributed by atoms with E-state index in [0.29, 0.717) is 17.9 Å². The average molecular weight is 284 g/mol. The van der Waals surface area contributed by atoms with E-state index in [1.165, 1.54) is 6.42 Å². The molecule has 0 fully saturated rings. The molecule has 0 spiro atoms. The van der Waals surface area contributed by atoms with E-state index in [4.69, 9.17) is 10.00 Å². The van der Waals surface area contributed by atoms with Crippen LogP contribution in [0.5, 0.6) is 5.75 Å². The van der Waals surface area contributed by atoms with Gasteiger partial charge in [0.2, 0.25) is 0 Å². The Hall–Kier alpha value is -2.28. The van der Waals surface area contributed by atoms with Crippen LogP contribution in [0.25, 0.3) is 0 Å². The van der Waals surface area contributed by atoms with Gasteiger partial charge in [-0.3, -0.25) is 4.79 Å². The number of allylic oxidation sites excluding steroid dienone is 2. The van der Waals surface area contributed by atoms with E-state index >= 15 is 0 Å². The summed E-state index contributed by atoms with van der Waals surface area (Å²) in [6, 6.07) is 8.84. The molecule has 2 rings (SSSR count). The Morgan fingerprint density at radius 3 is 2.67 bits per heavy atom. The molecule has 1 aliphatic carbocycles. The molecular weight excluding hydrogens is 264 g/mol. The Kier molecular flexibility index (Phi) is 5.39. The Labute approximate surface area is 125 Å². The molecule has 0 unspecified atom stereocenters. The van der Waals surface area contributed by atoms with Crippen molar-refractivity contribution in [3.8, 4) is 11.8 Å². The zero-order valence-electron chi connectivity index (χ0n) is 12.3. The molecule has 0 radical (unpaired) electrons. The lowest BCUT2D eigenvalue weighted by Crippen LogP contribution is -2.34. The predicted molar refractivity (Wildman–Crippen MR) is 80.6 cm³/mol. The van der Waals surface area contributed by atoms with E-state index in [1.54, 1.807) is 24.3 Å². The van der Waals surface area contributed by atoms with Crippen molar-refractivity contribution in [3.05, 3.63) is 41.6 Å². The van der Waals surface area contributed by atoms with Gasteiger partial charge in [0, 0.05) is 12.2 Å². The number of carbonyl (C=O) groups excluding carboxylic acids is 1. The molecule has 21 heavy (non-hydrogen) atoms. The highest BCUT2D eigenvalue weighted by Gasteiger charge is 2.18. The van der Waals surface area contributed by atoms with Gasteiger partial charge in [-0.25, -0.2) is 0 Å². The lowest BCUT2D eigenvalue weighted by molar-refractivity contribution is -0.131. The molecule has 0 bridgehead atoms. The van der Waals surface area contributed by atoms with Crippen LogP contribution in [0.4, 0.5) is 0 Å². The molecule has 0 heterocycles. The first-order chi connectivity index (χ1) is 10.2. The molecule has 1 aromatic rings. The number of carbonyl (C=O) groups is 1. The Morgan fingerprint density at radius 2 is 2.10 bits per heavy atom. The first-order valence-electron chi connectivity index (χ1n) is 7.37. The second kappa shape index (κ2) is 7.49. The molecule has 1 aliphatic rings. The zero-order chi connectivity index (χ0) is 15.1. The van der Waals surface area contributed by atoms with Crippen molar-refractivity contribution in [2.75, 3.05) is 13.2 Å². The minimum Gasteiger partial charge on any atom is -0.484 e. The topological polar surface area (TPSA) is 53.3 Å². The monoisotopic (exact) mass is 284 g/mol. The fourth-order valence-electron chi connectivity index (χ4n) is 2.45. The smallest absolute Gasteiger partial charge is 0.264 e. The fourth-order valence-corrected chi connectivity index (χ4v) is 2.45. The summed E-state index contributed by atoms with van der Waals surface area (Å²) in [6.07, 6.45) is 6.53. The summed E-state index contributed by atoms with van der Waals surface area (Å²) in [4.78, 5) is 14.1. The number of nitriles is 1. The van der Waals surface area contributed by atoms with Crippen LogP contribution in [0.15, 0.2) is 36.0 Å². The van der Waals surface area contributed by atoms with Crippen LogP contribution in [0.3, 0.4) is 0 Å². The maximum Gasteiger partial charge on any atom is 0.264 e. The van der Waals surface area contributed by atoms with Crippen LogP contribution in [0.1, 0.15) is 38.2 Å². The summed E-state index contributed by atoms with van der Waals surface area (Å²) in [5, 5.41) is 8.74. The van der Waals surface area contributed by atoms with Crippen molar-refractivity contribution in [2.45, 2.75) is 32.6 Å². The van der Waals surface area contributed by atoms with E-state index < -0.39 is 0 Å². The second-order valence-corrected chi connectivity index (χ2v) is 5.00. The van der Waals surface area contributed by atoms with Crippen molar-refractivity contribution >= 4 is 5.91 Å². The van der Waals surface area contributed by atoms with E-state index in [1.807, 2.05) is 11.8 Å². The number of ether oxygens (including phenoxy) is 1. The van der Waals surface area contributed by atoms with Gasteiger partial charge < -0.3 is 9.64 Å². The summed E-state index contributed by atoms with van der Waals surface area (Å²) >= 11 is 0. The van der Waals surface area contributed by atoms with Gasteiger partial charge in [0.15, 0.2) is 6.61 Å². The zero-order valence-corrected chi connectivity index (χ0v) is 12.3. The van der Waals surface area contributed by atoms with Gasteiger partial charge in [-0.15, -0.1) is 0 Å². The number of likely N-dealkylation sites (N-methyl/N-ethyl adjacent to an activating group) is 1. The predicted octanol–water partition coefficient (Wildman–Crippen LogP) is 3.24. The summed E-state index contributed by atoms with van der Waals surface area (Å²) in [6.45, 7) is 2.67. The van der Waals surface area contributed by atoms with Crippen LogP contribution < -0.4 is 4.74 Å². The average Bonchev–Trinajstić information content (AvgIpc) is 2.55. The number of nitrogens with zero attached hydrogens (tertiary/aromatic N) is 2. The van der Waals surface area contributed by atoms with Gasteiger partial charge in [-0.2, -0.15) is 5.26 Å². The third-order valence-corrected chi connectivity index (χ3v) is 3.58. The standard InChI is InChI=1S/C17H20N2O2/c1-2-19(15-6-4-3-5-7-15)17(20)13-21-16-10-8-14(12-18)9-11-16/h6,8-11H,2-5,7,13H2,1H3. The van der Waals surface area contributed by atoms with Crippen LogP contribution in [0, 0.1) is 11.3 Å². The molecule has 1 aromatic carbocycles. The van der Waals surface area contributed by atoms with Crippen molar-refractivity contribution in [1.29, 1.82) is 5.26 Å². The maximum absolute atomic E-state index is 12.3. The molecule has 0 aliphatic heterocycles. The van der Waals surface area contributed by atoms with Gasteiger partial charge >= 0.3 is 0 Å². The van der Waals surface area contributed by atoms with Gasteiger partial charge in [0.05, 0.1) is 11.6 Å². The molecule has 0 N–H and O–H groups in total. The molecular formula is C17H20N2O2. The van der Waals surface area contributed by atoms with Gasteiger partial charge in [-0.1, -0.05) is 6.08 Å². The van der Waals surface area contributed by atoms with Crippen molar-refractivity contribution in [1.82, 2.24) is 4.90 Å². The van der Waals surface area contributed by atoms with Crippen molar-refractivity contribution < 1.29 is 9.53 Å². The number of hydrogen-bond donors (Lipinski definition) is 0. The minimum atomic E-state index is -0.0185. The Morgan fingerprint density at radius 1 is 1.33 bits per heavy atom. The maximum atomic E-state index is 12.3. The van der Waals surface area contributed by atoms with Gasteiger partial charge in [0.1, 0.15) is 5.75 Å². The summed E-state index contributed by atoms with van der Waals surface area (Å²) in [7, 11) is 0. The Bertz CT molecular complexity index is 555. The minimum absolute atomic E-state index is 0.0185. The first kappa shape index (κ1) is 15.1. The number of rotatable bonds is 5. The van der Waals surface area contributed by atoms with Gasteiger partial charge in [-0.05, 0) is 56.9 Å².